The quantitative estimate of drug-likeness (QED) is 0.882. The Morgan fingerprint density at radius 2 is 2.21 bits per heavy atom. The van der Waals surface area contributed by atoms with Gasteiger partial charge in [-0.25, -0.2) is 4.79 Å². The molecule has 1 saturated carbocycles. The van der Waals surface area contributed by atoms with E-state index in [2.05, 4.69) is 5.10 Å². The third-order valence-corrected chi connectivity index (χ3v) is 3.33. The second-order valence-electron chi connectivity index (χ2n) is 4.93. The summed E-state index contributed by atoms with van der Waals surface area (Å²) in [5.41, 5.74) is 1.48. The molecule has 0 unspecified atom stereocenters. The maximum atomic E-state index is 10.8. The monoisotopic (exact) mass is 258 g/mol. The summed E-state index contributed by atoms with van der Waals surface area (Å²) in [6.07, 6.45) is 6.09. The number of carboxylic acid groups (broad SMARTS) is 1. The van der Waals surface area contributed by atoms with Crippen LogP contribution >= 0.6 is 0 Å². The molecule has 2 N–H and O–H groups in total. The van der Waals surface area contributed by atoms with Crippen molar-refractivity contribution in [2.45, 2.75) is 19.4 Å². The maximum Gasteiger partial charge on any atom is 0.335 e. The van der Waals surface area contributed by atoms with Crippen molar-refractivity contribution in [1.82, 2.24) is 9.78 Å². The van der Waals surface area contributed by atoms with E-state index in [1.807, 2.05) is 10.9 Å². The van der Waals surface area contributed by atoms with E-state index in [0.29, 0.717) is 5.56 Å². The molecule has 0 bridgehead atoms. The number of carboxylic acids is 1. The van der Waals surface area contributed by atoms with Crippen LogP contribution in [0.15, 0.2) is 30.6 Å². The van der Waals surface area contributed by atoms with Gasteiger partial charge in [-0.1, -0.05) is 0 Å². The van der Waals surface area contributed by atoms with Gasteiger partial charge < -0.3 is 10.2 Å². The molecule has 19 heavy (non-hydrogen) atoms. The first-order chi connectivity index (χ1) is 9.13. The first-order valence-electron chi connectivity index (χ1n) is 6.22. The Balaban J connectivity index is 1.88. The normalized spacial score (nSPS) is 14.5. The number of hydrogen-bond acceptors (Lipinski definition) is 3. The molecule has 1 aliphatic carbocycles. The summed E-state index contributed by atoms with van der Waals surface area (Å²) in [6.45, 7) is 0.911. The van der Waals surface area contributed by atoms with Gasteiger partial charge in [0.05, 0.1) is 11.8 Å². The minimum absolute atomic E-state index is 0.0362. The number of aromatic nitrogens is 2. The second-order valence-corrected chi connectivity index (χ2v) is 4.93. The molecule has 1 fully saturated rings. The number of rotatable bonds is 4. The second kappa shape index (κ2) is 4.42. The van der Waals surface area contributed by atoms with E-state index in [1.54, 1.807) is 12.3 Å². The van der Waals surface area contributed by atoms with Crippen molar-refractivity contribution < 1.29 is 15.0 Å². The summed E-state index contributed by atoms with van der Waals surface area (Å²) in [5, 5.41) is 23.0. The van der Waals surface area contributed by atoms with Gasteiger partial charge in [0.2, 0.25) is 0 Å². The van der Waals surface area contributed by atoms with Gasteiger partial charge in [-0.2, -0.15) is 5.10 Å². The van der Waals surface area contributed by atoms with Crippen molar-refractivity contribution in [3.05, 3.63) is 36.2 Å². The number of aromatic hydroxyl groups is 1. The van der Waals surface area contributed by atoms with E-state index in [-0.39, 0.29) is 11.3 Å². The molecule has 0 saturated heterocycles. The molecule has 0 amide bonds. The lowest BCUT2D eigenvalue weighted by Gasteiger charge is -2.03. The number of hydrogen-bond donors (Lipinski definition) is 2. The molecule has 5 heteroatoms. The van der Waals surface area contributed by atoms with Crippen molar-refractivity contribution in [3.63, 3.8) is 0 Å². The topological polar surface area (TPSA) is 75.3 Å². The molecule has 0 radical (unpaired) electrons. The standard InChI is InChI=1S/C14H14N2O3/c17-13-5-10(14(18)19)3-4-12(13)11-6-15-16(8-11)7-9-1-2-9/h3-6,8-9,17H,1-2,7H2,(H,18,19). The molecule has 0 atom stereocenters. The van der Waals surface area contributed by atoms with Crippen molar-refractivity contribution in [1.29, 1.82) is 0 Å². The molecular formula is C14H14N2O3. The molecule has 5 nitrogen and oxygen atoms in total. The lowest BCUT2D eigenvalue weighted by atomic mass is 10.1. The van der Waals surface area contributed by atoms with Crippen LogP contribution in [0.4, 0.5) is 0 Å². The molecule has 1 heterocycles. The van der Waals surface area contributed by atoms with Crippen LogP contribution < -0.4 is 0 Å². The van der Waals surface area contributed by atoms with Gasteiger partial charge in [-0.3, -0.25) is 4.68 Å². The van der Waals surface area contributed by atoms with E-state index in [0.717, 1.165) is 18.0 Å². The highest BCUT2D eigenvalue weighted by atomic mass is 16.4. The van der Waals surface area contributed by atoms with Gasteiger partial charge in [0, 0.05) is 23.9 Å². The van der Waals surface area contributed by atoms with Gasteiger partial charge in [-0.05, 0) is 37.0 Å². The zero-order valence-corrected chi connectivity index (χ0v) is 10.3. The van der Waals surface area contributed by atoms with Crippen LogP contribution in [0.3, 0.4) is 0 Å². The number of carbonyl (C=O) groups is 1. The first kappa shape index (κ1) is 11.8. The molecule has 0 aliphatic heterocycles. The van der Waals surface area contributed by atoms with E-state index in [1.165, 1.54) is 25.0 Å². The first-order valence-corrected chi connectivity index (χ1v) is 6.22. The largest absolute Gasteiger partial charge is 0.507 e. The van der Waals surface area contributed by atoms with E-state index in [4.69, 9.17) is 5.11 Å². The van der Waals surface area contributed by atoms with Crippen LogP contribution in [-0.2, 0) is 6.54 Å². The summed E-state index contributed by atoms with van der Waals surface area (Å²) >= 11 is 0. The zero-order chi connectivity index (χ0) is 13.4. The lowest BCUT2D eigenvalue weighted by molar-refractivity contribution is 0.0696. The Hall–Kier alpha value is -2.30. The Morgan fingerprint density at radius 1 is 1.42 bits per heavy atom. The molecule has 1 aromatic carbocycles. The number of phenolic OH excluding ortho intramolecular Hbond substituents is 1. The van der Waals surface area contributed by atoms with Crippen molar-refractivity contribution >= 4 is 5.97 Å². The predicted octanol–water partition coefficient (Wildman–Crippen LogP) is 2.36. The Bertz CT molecular complexity index is 629. The summed E-state index contributed by atoms with van der Waals surface area (Å²) in [7, 11) is 0. The highest BCUT2D eigenvalue weighted by Crippen LogP contribution is 2.32. The summed E-state index contributed by atoms with van der Waals surface area (Å²) in [5.74, 6) is -0.354. The van der Waals surface area contributed by atoms with Crippen LogP contribution in [-0.4, -0.2) is 26.0 Å². The smallest absolute Gasteiger partial charge is 0.335 e. The molecule has 3 rings (SSSR count). The summed E-state index contributed by atoms with van der Waals surface area (Å²) in [4.78, 5) is 10.8. The van der Waals surface area contributed by atoms with Gasteiger partial charge in [0.1, 0.15) is 5.75 Å². The number of aromatic carboxylic acids is 1. The van der Waals surface area contributed by atoms with Gasteiger partial charge in [0.15, 0.2) is 0 Å². The Labute approximate surface area is 110 Å². The highest BCUT2D eigenvalue weighted by Gasteiger charge is 2.22. The minimum atomic E-state index is -1.05. The Morgan fingerprint density at radius 3 is 2.84 bits per heavy atom. The summed E-state index contributed by atoms with van der Waals surface area (Å²) in [6, 6.07) is 4.35. The SMILES string of the molecule is O=C(O)c1ccc(-c2cnn(CC3CC3)c2)c(O)c1. The van der Waals surface area contributed by atoms with Gasteiger partial charge >= 0.3 is 5.97 Å². The third-order valence-electron chi connectivity index (χ3n) is 3.33. The molecule has 2 aromatic rings. The van der Waals surface area contributed by atoms with Crippen LogP contribution in [0.25, 0.3) is 11.1 Å². The van der Waals surface area contributed by atoms with Crippen molar-refractivity contribution in [3.8, 4) is 16.9 Å². The number of phenols is 1. The minimum Gasteiger partial charge on any atom is -0.507 e. The fourth-order valence-corrected chi connectivity index (χ4v) is 2.08. The molecule has 1 aromatic heterocycles. The van der Waals surface area contributed by atoms with Gasteiger partial charge in [0.25, 0.3) is 0 Å². The van der Waals surface area contributed by atoms with Crippen LogP contribution in [0.1, 0.15) is 23.2 Å². The fourth-order valence-electron chi connectivity index (χ4n) is 2.08. The average molecular weight is 258 g/mol. The summed E-state index contributed by atoms with van der Waals surface area (Å²) < 4.78 is 1.87. The van der Waals surface area contributed by atoms with E-state index < -0.39 is 5.97 Å². The maximum absolute atomic E-state index is 10.8. The lowest BCUT2D eigenvalue weighted by Crippen LogP contribution is -1.99. The fraction of sp³-hybridized carbons (Fsp3) is 0.286. The Kier molecular flexibility index (Phi) is 2.74. The molecule has 0 spiro atoms. The molecule has 1 aliphatic rings. The third kappa shape index (κ3) is 2.45. The predicted molar refractivity (Wildman–Crippen MR) is 69.0 cm³/mol. The molecular weight excluding hydrogens is 244 g/mol. The zero-order valence-electron chi connectivity index (χ0n) is 10.3. The number of nitrogens with zero attached hydrogens (tertiary/aromatic N) is 2. The number of benzene rings is 1. The van der Waals surface area contributed by atoms with E-state index >= 15 is 0 Å². The average Bonchev–Trinajstić information content (AvgIpc) is 3.06. The van der Waals surface area contributed by atoms with E-state index in [9.17, 15) is 9.90 Å². The van der Waals surface area contributed by atoms with Crippen molar-refractivity contribution in [2.24, 2.45) is 5.92 Å². The van der Waals surface area contributed by atoms with Crippen molar-refractivity contribution in [2.75, 3.05) is 0 Å². The highest BCUT2D eigenvalue weighted by molar-refractivity contribution is 5.89. The molecule has 98 valence electrons. The van der Waals surface area contributed by atoms with Crippen LogP contribution in [0.5, 0.6) is 5.75 Å². The van der Waals surface area contributed by atoms with Gasteiger partial charge in [-0.15, -0.1) is 0 Å². The van der Waals surface area contributed by atoms with Crippen LogP contribution in [0.2, 0.25) is 0 Å². The van der Waals surface area contributed by atoms with Crippen LogP contribution in [0, 0.1) is 5.92 Å².